The van der Waals surface area contributed by atoms with E-state index in [0.717, 1.165) is 42.1 Å². The molecule has 0 aromatic carbocycles. The second-order valence-electron chi connectivity index (χ2n) is 10.3. The van der Waals surface area contributed by atoms with Crippen molar-refractivity contribution in [1.82, 2.24) is 40.2 Å². The number of anilines is 1. The van der Waals surface area contributed by atoms with Gasteiger partial charge >= 0.3 is 16.3 Å². The van der Waals surface area contributed by atoms with E-state index in [9.17, 15) is 32.5 Å². The van der Waals surface area contributed by atoms with Crippen molar-refractivity contribution in [2.75, 3.05) is 18.8 Å². The lowest BCUT2D eigenvalue weighted by Gasteiger charge is -2.43. The average molecular weight is 655 g/mol. The van der Waals surface area contributed by atoms with Crippen LogP contribution in [0.15, 0.2) is 21.7 Å². The molecule has 238 valence electrons. The number of piperidine rings is 1. The van der Waals surface area contributed by atoms with Crippen LogP contribution in [-0.2, 0) is 42.6 Å². The smallest absolute Gasteiger partial charge is 0.362 e. The van der Waals surface area contributed by atoms with Gasteiger partial charge in [0.15, 0.2) is 16.8 Å². The van der Waals surface area contributed by atoms with Gasteiger partial charge in [0.1, 0.15) is 23.5 Å². The number of nitrogens with one attached hydrogen (secondary N) is 3. The number of aromatic nitrogens is 4. The van der Waals surface area contributed by atoms with Gasteiger partial charge in [-0.1, -0.05) is 5.16 Å². The summed E-state index contributed by atoms with van der Waals surface area (Å²) in [6, 6.07) is -2.62. The topological polar surface area (TPSA) is 295 Å². The fourth-order valence-electron chi connectivity index (χ4n) is 4.59. The third-order valence-corrected chi connectivity index (χ3v) is 8.75. The number of carboxylic acid groups (broad SMARTS) is 1. The van der Waals surface area contributed by atoms with Crippen molar-refractivity contribution in [3.8, 4) is 0 Å². The molecular formula is C22H30N12O8S2. The van der Waals surface area contributed by atoms with E-state index in [1.807, 2.05) is 0 Å². The Hall–Kier alpha value is -4.41. The van der Waals surface area contributed by atoms with Gasteiger partial charge in [-0.15, -0.1) is 11.3 Å². The van der Waals surface area contributed by atoms with E-state index in [1.54, 1.807) is 0 Å². The molecule has 1 saturated carbocycles. The first-order chi connectivity index (χ1) is 20.9. The highest BCUT2D eigenvalue weighted by Gasteiger charge is 2.56. The Kier molecular flexibility index (Phi) is 8.67. The van der Waals surface area contributed by atoms with Crippen LogP contribution >= 0.6 is 11.3 Å². The summed E-state index contributed by atoms with van der Waals surface area (Å²) >= 11 is 0.970. The van der Waals surface area contributed by atoms with E-state index in [1.165, 1.54) is 11.6 Å². The number of carboxylic acids is 1. The summed E-state index contributed by atoms with van der Waals surface area (Å²) in [6.45, 7) is 1.46. The summed E-state index contributed by atoms with van der Waals surface area (Å²) in [5, 5.41) is 31.6. The lowest BCUT2D eigenvalue weighted by Crippen LogP contribution is -2.73. The molecule has 2 aliphatic heterocycles. The monoisotopic (exact) mass is 654 g/mol. The lowest BCUT2D eigenvalue weighted by atomic mass is 9.98. The number of nitrogen functional groups attached to an aromatic ring is 1. The highest BCUT2D eigenvalue weighted by atomic mass is 32.2. The Bertz CT molecular complexity index is 1590. The summed E-state index contributed by atoms with van der Waals surface area (Å²) < 4.78 is 33.8. The Labute approximate surface area is 253 Å². The van der Waals surface area contributed by atoms with Crippen molar-refractivity contribution in [3.05, 3.63) is 23.0 Å². The number of nitrogens with zero attached hydrogens (tertiary/aromatic N) is 7. The number of nitrogens with two attached hydrogens (primary N) is 2. The van der Waals surface area contributed by atoms with E-state index < -0.39 is 51.5 Å². The molecule has 2 aromatic heterocycles. The number of thiazole rings is 1. The van der Waals surface area contributed by atoms with Crippen LogP contribution < -0.4 is 27.4 Å². The van der Waals surface area contributed by atoms with Crippen LogP contribution in [0.5, 0.6) is 0 Å². The van der Waals surface area contributed by atoms with Crippen LogP contribution in [0.2, 0.25) is 0 Å². The molecule has 9 N–H and O–H groups in total. The zero-order chi connectivity index (χ0) is 31.6. The maximum atomic E-state index is 13.3. The molecule has 0 radical (unpaired) electrons. The number of amides is 2. The van der Waals surface area contributed by atoms with Gasteiger partial charge in [-0.2, -0.15) is 23.4 Å². The first-order valence-corrected chi connectivity index (χ1v) is 15.6. The van der Waals surface area contributed by atoms with Gasteiger partial charge in [-0.25, -0.2) is 19.1 Å². The molecule has 1 aliphatic carbocycles. The van der Waals surface area contributed by atoms with Gasteiger partial charge in [-0.3, -0.25) is 14.1 Å². The summed E-state index contributed by atoms with van der Waals surface area (Å²) in [5.74, 6) is -3.21. The maximum absolute atomic E-state index is 13.3. The number of hydrogen-bond donors (Lipinski definition) is 7. The van der Waals surface area contributed by atoms with Crippen molar-refractivity contribution in [3.63, 3.8) is 0 Å². The molecule has 4 heterocycles. The normalized spacial score (nSPS) is 22.3. The minimum absolute atomic E-state index is 0.0595. The first kappa shape index (κ1) is 31.0. The number of carbonyl (C=O) groups is 3. The molecule has 3 aliphatic rings. The zero-order valence-corrected chi connectivity index (χ0v) is 24.6. The molecule has 20 nitrogen and oxygen atoms in total. The summed E-state index contributed by atoms with van der Waals surface area (Å²) in [6.07, 6.45) is 3.50. The molecule has 2 saturated heterocycles. The highest BCUT2D eigenvalue weighted by Crippen LogP contribution is 2.40. The fraction of sp³-hybridized carbons (Fsp3) is 0.545. The van der Waals surface area contributed by atoms with E-state index >= 15 is 0 Å². The molecular weight excluding hydrogens is 624 g/mol. The van der Waals surface area contributed by atoms with Crippen LogP contribution in [0, 0.1) is 0 Å². The van der Waals surface area contributed by atoms with Crippen molar-refractivity contribution >= 4 is 56.2 Å². The molecule has 44 heavy (non-hydrogen) atoms. The largest absolute Gasteiger partial charge is 0.478 e. The van der Waals surface area contributed by atoms with Gasteiger partial charge in [0.25, 0.3) is 11.8 Å². The van der Waals surface area contributed by atoms with Crippen LogP contribution in [0.25, 0.3) is 0 Å². The molecule has 2 aromatic rings. The SMILES string of the molecule is NC(=NCc1cnn(CC2C(NC(=O)C(=NOC3(C(=O)O)CC3)c3csc(N)n3)C(=O)N2S(=O)(=O)O)n1)NC1CCNCC1. The van der Waals surface area contributed by atoms with Gasteiger partial charge < -0.3 is 37.4 Å². The van der Waals surface area contributed by atoms with Crippen molar-refractivity contribution < 1.29 is 37.3 Å². The second kappa shape index (κ2) is 12.3. The number of oxime groups is 1. The molecule has 3 fully saturated rings. The predicted octanol–water partition coefficient (Wildman–Crippen LogP) is -2.99. The van der Waals surface area contributed by atoms with Crippen LogP contribution in [0.4, 0.5) is 5.13 Å². The molecule has 0 bridgehead atoms. The molecule has 22 heteroatoms. The van der Waals surface area contributed by atoms with Crippen molar-refractivity contribution in [2.24, 2.45) is 15.9 Å². The fourth-order valence-corrected chi connectivity index (χ4v) is 6.01. The molecule has 2 amide bonds. The van der Waals surface area contributed by atoms with Crippen molar-refractivity contribution in [1.29, 1.82) is 0 Å². The number of rotatable bonds is 12. The molecule has 2 unspecified atom stereocenters. The average Bonchev–Trinajstić information content (AvgIpc) is 3.43. The van der Waals surface area contributed by atoms with Crippen LogP contribution in [0.3, 0.4) is 0 Å². The standard InChI is InChI=1S/C22H30N12O8S2/c23-20(28-11-1-5-25-6-2-11)26-7-12-8-27-33(31-12)9-14-16(18(36)34(14)44(39,40)41)30-17(35)15(13-10-43-21(24)29-13)32-42-22(3-4-22)19(37)38/h8,10-11,14,16,25H,1-7,9H2,(H2,24,29)(H,30,35)(H,37,38)(H3,23,26,28)(H,39,40,41). The Morgan fingerprint density at radius 3 is 2.61 bits per heavy atom. The van der Waals surface area contributed by atoms with Gasteiger partial charge in [0, 0.05) is 24.3 Å². The van der Waals surface area contributed by atoms with Crippen LogP contribution in [0.1, 0.15) is 37.1 Å². The maximum Gasteiger partial charge on any atom is 0.362 e. The number of hydrogen-bond acceptors (Lipinski definition) is 14. The van der Waals surface area contributed by atoms with Crippen molar-refractivity contribution in [2.45, 2.75) is 62.5 Å². The minimum atomic E-state index is -5.02. The number of aliphatic imine (C=N–C) groups is 1. The number of aliphatic carboxylic acids is 1. The van der Waals surface area contributed by atoms with Crippen LogP contribution in [-0.4, -0.2) is 109 Å². The quantitative estimate of drug-likeness (QED) is 0.0395. The Balaban J connectivity index is 1.28. The van der Waals surface area contributed by atoms with Gasteiger partial charge in [0.05, 0.1) is 19.3 Å². The zero-order valence-electron chi connectivity index (χ0n) is 23.0. The van der Waals surface area contributed by atoms with E-state index in [0.29, 0.717) is 5.69 Å². The van der Waals surface area contributed by atoms with E-state index in [4.69, 9.17) is 16.3 Å². The number of guanidine groups is 1. The molecule has 5 rings (SSSR count). The third kappa shape index (κ3) is 6.87. The molecule has 0 spiro atoms. The van der Waals surface area contributed by atoms with Gasteiger partial charge in [-0.05, 0) is 25.9 Å². The third-order valence-electron chi connectivity index (χ3n) is 7.13. The van der Waals surface area contributed by atoms with E-state index in [2.05, 4.69) is 41.3 Å². The lowest BCUT2D eigenvalue weighted by molar-refractivity contribution is -0.153. The summed E-state index contributed by atoms with van der Waals surface area (Å²) in [5.41, 5.74) is 9.88. The Morgan fingerprint density at radius 2 is 2.00 bits per heavy atom. The number of carbonyl (C=O) groups excluding carboxylic acids is 2. The Morgan fingerprint density at radius 1 is 1.27 bits per heavy atom. The highest BCUT2D eigenvalue weighted by molar-refractivity contribution is 7.84. The van der Waals surface area contributed by atoms with Gasteiger partial charge in [0.2, 0.25) is 5.60 Å². The minimum Gasteiger partial charge on any atom is -0.478 e. The second-order valence-corrected chi connectivity index (χ2v) is 12.5. The van der Waals surface area contributed by atoms with E-state index in [-0.39, 0.29) is 53.1 Å². The molecule has 2 atom stereocenters. The summed E-state index contributed by atoms with van der Waals surface area (Å²) in [4.78, 5) is 52.0. The predicted molar refractivity (Wildman–Crippen MR) is 152 cm³/mol. The first-order valence-electron chi connectivity index (χ1n) is 13.3. The summed E-state index contributed by atoms with van der Waals surface area (Å²) in [7, 11) is -5.02. The number of β-lactam (4-membered cyclic amide) rings is 1.